The minimum Gasteiger partial charge on any atom is -0.467 e. The number of esters is 1. The van der Waals surface area contributed by atoms with Gasteiger partial charge in [0.05, 0.1) is 7.11 Å². The van der Waals surface area contributed by atoms with E-state index in [4.69, 9.17) is 0 Å². The average Bonchev–Trinajstić information content (AvgIpc) is 2.37. The second-order valence-electron chi connectivity index (χ2n) is 3.82. The van der Waals surface area contributed by atoms with Crippen molar-refractivity contribution >= 4 is 17.7 Å². The fourth-order valence-electron chi connectivity index (χ4n) is 1.45. The molecule has 0 fully saturated rings. The summed E-state index contributed by atoms with van der Waals surface area (Å²) in [5.74, 6) is -1.24. The van der Waals surface area contributed by atoms with Crippen molar-refractivity contribution in [1.29, 1.82) is 0 Å². The molecular formula is C13H15NO4. The summed E-state index contributed by atoms with van der Waals surface area (Å²) >= 11 is 0. The number of nitrogens with one attached hydrogen (secondary N) is 1. The molecule has 0 aromatic heterocycles. The summed E-state index contributed by atoms with van der Waals surface area (Å²) in [6, 6.07) is 7.51. The second kappa shape index (κ2) is 6.54. The highest BCUT2D eigenvalue weighted by Crippen LogP contribution is 2.02. The van der Waals surface area contributed by atoms with Gasteiger partial charge < -0.3 is 10.1 Å². The van der Waals surface area contributed by atoms with Gasteiger partial charge >= 0.3 is 5.97 Å². The number of hydrogen-bond acceptors (Lipinski definition) is 4. The van der Waals surface area contributed by atoms with Crippen molar-refractivity contribution in [3.63, 3.8) is 0 Å². The number of ketones is 1. The van der Waals surface area contributed by atoms with Crippen molar-refractivity contribution in [2.45, 2.75) is 19.4 Å². The molecule has 0 aliphatic rings. The maximum Gasteiger partial charge on any atom is 0.328 e. The molecule has 0 aliphatic carbocycles. The lowest BCUT2D eigenvalue weighted by atomic mass is 10.1. The summed E-state index contributed by atoms with van der Waals surface area (Å²) in [5, 5.41) is 2.48. The van der Waals surface area contributed by atoms with Crippen molar-refractivity contribution in [2.75, 3.05) is 7.11 Å². The van der Waals surface area contributed by atoms with E-state index in [-0.39, 0.29) is 12.2 Å². The molecule has 0 spiro atoms. The minimum absolute atomic E-state index is 0.0781. The van der Waals surface area contributed by atoms with Crippen molar-refractivity contribution in [3.8, 4) is 0 Å². The van der Waals surface area contributed by atoms with Crippen LogP contribution in [0.25, 0.3) is 0 Å². The Morgan fingerprint density at radius 3 is 2.33 bits per heavy atom. The number of rotatable bonds is 5. The van der Waals surface area contributed by atoms with E-state index in [1.165, 1.54) is 14.0 Å². The summed E-state index contributed by atoms with van der Waals surface area (Å²) < 4.78 is 4.54. The summed E-state index contributed by atoms with van der Waals surface area (Å²) in [6.07, 6.45) is -0.0781. The summed E-state index contributed by atoms with van der Waals surface area (Å²) in [4.78, 5) is 34.3. The topological polar surface area (TPSA) is 72.5 Å². The van der Waals surface area contributed by atoms with Crippen LogP contribution >= 0.6 is 0 Å². The molecule has 18 heavy (non-hydrogen) atoms. The minimum atomic E-state index is -0.944. The molecule has 1 amide bonds. The highest BCUT2D eigenvalue weighted by atomic mass is 16.5. The van der Waals surface area contributed by atoms with Crippen LogP contribution in [0.4, 0.5) is 0 Å². The smallest absolute Gasteiger partial charge is 0.328 e. The van der Waals surface area contributed by atoms with Crippen LogP contribution in [0.2, 0.25) is 0 Å². The van der Waals surface area contributed by atoms with Gasteiger partial charge in [0.2, 0.25) is 0 Å². The van der Waals surface area contributed by atoms with Gasteiger partial charge in [0, 0.05) is 12.0 Å². The molecule has 1 atom stereocenters. The van der Waals surface area contributed by atoms with Crippen LogP contribution in [0.1, 0.15) is 23.7 Å². The van der Waals surface area contributed by atoms with Crippen molar-refractivity contribution < 1.29 is 19.1 Å². The van der Waals surface area contributed by atoms with E-state index in [0.29, 0.717) is 5.56 Å². The highest BCUT2D eigenvalue weighted by Gasteiger charge is 2.23. The number of carbonyl (C=O) groups is 3. The summed E-state index contributed by atoms with van der Waals surface area (Å²) in [7, 11) is 1.21. The lowest BCUT2D eigenvalue weighted by molar-refractivity contribution is -0.144. The molecule has 5 heteroatoms. The van der Waals surface area contributed by atoms with Crippen LogP contribution in [-0.2, 0) is 14.3 Å². The van der Waals surface area contributed by atoms with Gasteiger partial charge in [-0.1, -0.05) is 18.2 Å². The molecule has 1 unspecified atom stereocenters. The van der Waals surface area contributed by atoms with Crippen LogP contribution in [0.15, 0.2) is 30.3 Å². The maximum atomic E-state index is 11.8. The number of amides is 1. The normalized spacial score (nSPS) is 11.4. The molecule has 1 aromatic rings. The van der Waals surface area contributed by atoms with E-state index in [1.54, 1.807) is 30.3 Å². The number of Topliss-reactive ketones (excluding diaryl/α,β-unsaturated/α-hetero) is 1. The Morgan fingerprint density at radius 2 is 1.83 bits per heavy atom. The zero-order chi connectivity index (χ0) is 13.5. The predicted octanol–water partition coefficient (Wildman–Crippen LogP) is 0.937. The van der Waals surface area contributed by atoms with Gasteiger partial charge in [0.15, 0.2) is 0 Å². The summed E-state index contributed by atoms with van der Waals surface area (Å²) in [5.41, 5.74) is 0.426. The molecule has 0 saturated carbocycles. The number of benzene rings is 1. The van der Waals surface area contributed by atoms with E-state index in [2.05, 4.69) is 10.1 Å². The fourth-order valence-corrected chi connectivity index (χ4v) is 1.45. The molecule has 5 nitrogen and oxygen atoms in total. The Balaban J connectivity index is 2.74. The van der Waals surface area contributed by atoms with E-state index >= 15 is 0 Å². The first-order chi connectivity index (χ1) is 8.54. The Morgan fingerprint density at radius 1 is 1.22 bits per heavy atom. The third kappa shape index (κ3) is 4.01. The molecule has 0 bridgehead atoms. The molecule has 0 radical (unpaired) electrons. The lowest BCUT2D eigenvalue weighted by Crippen LogP contribution is -2.42. The Hall–Kier alpha value is -2.17. The van der Waals surface area contributed by atoms with Gasteiger partial charge in [0.1, 0.15) is 11.8 Å². The third-order valence-electron chi connectivity index (χ3n) is 2.32. The lowest BCUT2D eigenvalue weighted by Gasteiger charge is -2.15. The maximum absolute atomic E-state index is 11.8. The molecular weight excluding hydrogens is 234 g/mol. The second-order valence-corrected chi connectivity index (χ2v) is 3.82. The van der Waals surface area contributed by atoms with Gasteiger partial charge in [-0.2, -0.15) is 0 Å². The molecule has 0 heterocycles. The van der Waals surface area contributed by atoms with Crippen LogP contribution in [0, 0.1) is 0 Å². The first-order valence-corrected chi connectivity index (χ1v) is 5.47. The van der Waals surface area contributed by atoms with Crippen molar-refractivity contribution in [2.24, 2.45) is 0 Å². The number of methoxy groups -OCH3 is 1. The Bertz CT molecular complexity index is 442. The zero-order valence-electron chi connectivity index (χ0n) is 10.3. The predicted molar refractivity (Wildman–Crippen MR) is 65.0 cm³/mol. The van der Waals surface area contributed by atoms with Crippen LogP contribution in [-0.4, -0.2) is 30.8 Å². The first kappa shape index (κ1) is 13.9. The van der Waals surface area contributed by atoms with Crippen LogP contribution in [0.3, 0.4) is 0 Å². The standard InChI is InChI=1S/C13H15NO4/c1-9(15)8-11(13(17)18-2)14-12(16)10-6-4-3-5-7-10/h3-7,11H,8H2,1-2H3,(H,14,16). The highest BCUT2D eigenvalue weighted by molar-refractivity contribution is 5.97. The van der Waals surface area contributed by atoms with E-state index in [0.717, 1.165) is 0 Å². The monoisotopic (exact) mass is 249 g/mol. The van der Waals surface area contributed by atoms with Gasteiger partial charge in [0.25, 0.3) is 5.91 Å². The zero-order valence-corrected chi connectivity index (χ0v) is 10.3. The Kier molecular flexibility index (Phi) is 5.05. The SMILES string of the molecule is COC(=O)C(CC(C)=O)NC(=O)c1ccccc1. The van der Waals surface area contributed by atoms with Gasteiger partial charge in [-0.15, -0.1) is 0 Å². The largest absolute Gasteiger partial charge is 0.467 e. The van der Waals surface area contributed by atoms with E-state index in [9.17, 15) is 14.4 Å². The summed E-state index contributed by atoms with van der Waals surface area (Å²) in [6.45, 7) is 1.35. The van der Waals surface area contributed by atoms with Gasteiger partial charge in [-0.05, 0) is 19.1 Å². The van der Waals surface area contributed by atoms with Gasteiger partial charge in [-0.25, -0.2) is 4.79 Å². The molecule has 1 rings (SSSR count). The fraction of sp³-hybridized carbons (Fsp3) is 0.308. The quantitative estimate of drug-likeness (QED) is 0.788. The molecule has 0 saturated heterocycles. The third-order valence-corrected chi connectivity index (χ3v) is 2.32. The molecule has 96 valence electrons. The van der Waals surface area contributed by atoms with Crippen LogP contribution in [0.5, 0.6) is 0 Å². The number of carbonyl (C=O) groups excluding carboxylic acids is 3. The molecule has 1 aromatic carbocycles. The van der Waals surface area contributed by atoms with Crippen LogP contribution < -0.4 is 5.32 Å². The average molecular weight is 249 g/mol. The molecule has 0 aliphatic heterocycles. The first-order valence-electron chi connectivity index (χ1n) is 5.47. The van der Waals surface area contributed by atoms with Crippen molar-refractivity contribution in [3.05, 3.63) is 35.9 Å². The van der Waals surface area contributed by atoms with Crippen molar-refractivity contribution in [1.82, 2.24) is 5.32 Å². The number of ether oxygens (including phenoxy) is 1. The van der Waals surface area contributed by atoms with E-state index in [1.807, 2.05) is 0 Å². The van der Waals surface area contributed by atoms with Gasteiger partial charge in [-0.3, -0.25) is 9.59 Å². The number of hydrogen-bond donors (Lipinski definition) is 1. The Labute approximate surface area is 105 Å². The molecule has 1 N–H and O–H groups in total. The van der Waals surface area contributed by atoms with E-state index < -0.39 is 17.9 Å².